The van der Waals surface area contributed by atoms with E-state index in [1.54, 1.807) is 30.6 Å². The van der Waals surface area contributed by atoms with Gasteiger partial charge in [0.25, 0.3) is 5.91 Å². The molecule has 26 heavy (non-hydrogen) atoms. The monoisotopic (exact) mass is 354 g/mol. The van der Waals surface area contributed by atoms with Crippen LogP contribution in [0.2, 0.25) is 0 Å². The number of benzene rings is 1. The van der Waals surface area contributed by atoms with E-state index in [2.05, 4.69) is 15.3 Å². The molecule has 7 nitrogen and oxygen atoms in total. The van der Waals surface area contributed by atoms with Crippen molar-refractivity contribution in [2.45, 2.75) is 19.3 Å². The molecule has 1 N–H and O–H groups in total. The molecule has 1 aliphatic heterocycles. The zero-order chi connectivity index (χ0) is 18.4. The Morgan fingerprint density at radius 3 is 2.62 bits per heavy atom. The maximum absolute atomic E-state index is 12.8. The lowest BCUT2D eigenvalue weighted by molar-refractivity contribution is -0.142. The average molecular weight is 354 g/mol. The van der Waals surface area contributed by atoms with Gasteiger partial charge in [-0.1, -0.05) is 6.07 Å². The van der Waals surface area contributed by atoms with Crippen LogP contribution < -0.4 is 5.32 Å². The van der Waals surface area contributed by atoms with E-state index in [1.165, 1.54) is 7.11 Å². The smallest absolute Gasteiger partial charge is 0.305 e. The maximum Gasteiger partial charge on any atom is 0.305 e. The van der Waals surface area contributed by atoms with Crippen LogP contribution in [0, 0.1) is 5.92 Å². The highest BCUT2D eigenvalue weighted by atomic mass is 16.5. The van der Waals surface area contributed by atoms with Crippen LogP contribution in [-0.4, -0.2) is 46.9 Å². The number of hydrogen-bond donors (Lipinski definition) is 1. The van der Waals surface area contributed by atoms with E-state index in [9.17, 15) is 9.59 Å². The number of esters is 1. The van der Waals surface area contributed by atoms with Crippen LogP contribution >= 0.6 is 0 Å². The number of carbonyl (C=O) groups excluding carboxylic acids is 2. The standard InChI is InChI=1S/C19H22N4O3/c1-26-17(24)12-14-6-10-23(11-7-14)18(25)15-4-2-5-16(13-15)22-19-20-8-3-9-21-19/h2-5,8-9,13-14H,6-7,10-12H2,1H3,(H,20,21,22). The highest BCUT2D eigenvalue weighted by molar-refractivity contribution is 5.95. The van der Waals surface area contributed by atoms with Gasteiger partial charge in [0.1, 0.15) is 0 Å². The first-order chi connectivity index (χ1) is 12.7. The minimum atomic E-state index is -0.184. The van der Waals surface area contributed by atoms with Gasteiger partial charge in [-0.2, -0.15) is 0 Å². The Morgan fingerprint density at radius 1 is 1.19 bits per heavy atom. The molecule has 1 aromatic carbocycles. The Bertz CT molecular complexity index is 758. The van der Waals surface area contributed by atoms with Crippen LogP contribution in [0.5, 0.6) is 0 Å². The summed E-state index contributed by atoms with van der Waals surface area (Å²) in [5.41, 5.74) is 1.39. The predicted octanol–water partition coefficient (Wildman–Crippen LogP) is 2.64. The molecule has 0 unspecified atom stereocenters. The molecule has 2 aromatic rings. The van der Waals surface area contributed by atoms with Gasteiger partial charge in [-0.15, -0.1) is 0 Å². The molecule has 1 amide bonds. The molecule has 3 rings (SSSR count). The number of anilines is 2. The third kappa shape index (κ3) is 4.56. The molecule has 0 atom stereocenters. The first kappa shape index (κ1) is 17.8. The number of hydrogen-bond acceptors (Lipinski definition) is 6. The number of piperidine rings is 1. The summed E-state index contributed by atoms with van der Waals surface area (Å²) >= 11 is 0. The Morgan fingerprint density at radius 2 is 1.92 bits per heavy atom. The molecule has 1 fully saturated rings. The number of carbonyl (C=O) groups is 2. The fraction of sp³-hybridized carbons (Fsp3) is 0.368. The van der Waals surface area contributed by atoms with Crippen molar-refractivity contribution in [1.29, 1.82) is 0 Å². The zero-order valence-corrected chi connectivity index (χ0v) is 14.7. The lowest BCUT2D eigenvalue weighted by atomic mass is 9.93. The Labute approximate surface area is 152 Å². The lowest BCUT2D eigenvalue weighted by Crippen LogP contribution is -2.39. The zero-order valence-electron chi connectivity index (χ0n) is 14.7. The SMILES string of the molecule is COC(=O)CC1CCN(C(=O)c2cccc(Nc3ncccn3)c2)CC1. The van der Waals surface area contributed by atoms with Crippen LogP contribution in [0.3, 0.4) is 0 Å². The van der Waals surface area contributed by atoms with Crippen LogP contribution in [0.25, 0.3) is 0 Å². The molecule has 0 radical (unpaired) electrons. The molecular formula is C19H22N4O3. The Balaban J connectivity index is 1.60. The molecule has 0 bridgehead atoms. The number of rotatable bonds is 5. The number of methoxy groups -OCH3 is 1. The van der Waals surface area contributed by atoms with Gasteiger partial charge in [0.2, 0.25) is 5.95 Å². The number of likely N-dealkylation sites (tertiary alicyclic amines) is 1. The van der Waals surface area contributed by atoms with Crippen molar-refractivity contribution in [3.05, 3.63) is 48.3 Å². The number of ether oxygens (including phenoxy) is 1. The second-order valence-corrected chi connectivity index (χ2v) is 6.29. The van der Waals surface area contributed by atoms with E-state index in [-0.39, 0.29) is 17.8 Å². The van der Waals surface area contributed by atoms with Crippen LogP contribution in [0.15, 0.2) is 42.7 Å². The van der Waals surface area contributed by atoms with Crippen molar-refractivity contribution >= 4 is 23.5 Å². The summed E-state index contributed by atoms with van der Waals surface area (Å²) in [4.78, 5) is 34.2. The van der Waals surface area contributed by atoms with Gasteiger partial charge in [-0.3, -0.25) is 9.59 Å². The number of amides is 1. The number of nitrogens with one attached hydrogen (secondary N) is 1. The van der Waals surface area contributed by atoms with Gasteiger partial charge >= 0.3 is 5.97 Å². The molecule has 1 aliphatic rings. The Kier molecular flexibility index (Phi) is 5.78. The molecule has 7 heteroatoms. The Hall–Kier alpha value is -2.96. The highest BCUT2D eigenvalue weighted by Gasteiger charge is 2.25. The van der Waals surface area contributed by atoms with Crippen molar-refractivity contribution in [3.8, 4) is 0 Å². The minimum absolute atomic E-state index is 0.000789. The summed E-state index contributed by atoms with van der Waals surface area (Å²) in [6, 6.07) is 9.06. The topological polar surface area (TPSA) is 84.4 Å². The van der Waals surface area contributed by atoms with Crippen molar-refractivity contribution in [2.24, 2.45) is 5.92 Å². The van der Waals surface area contributed by atoms with E-state index in [0.717, 1.165) is 18.5 Å². The highest BCUT2D eigenvalue weighted by Crippen LogP contribution is 2.23. The van der Waals surface area contributed by atoms with Gasteiger partial charge in [0, 0.05) is 43.2 Å². The number of nitrogens with zero attached hydrogens (tertiary/aromatic N) is 3. The molecule has 136 valence electrons. The normalized spacial score (nSPS) is 14.7. The van der Waals surface area contributed by atoms with Crippen molar-refractivity contribution in [2.75, 3.05) is 25.5 Å². The van der Waals surface area contributed by atoms with Gasteiger partial charge in [0.15, 0.2) is 0 Å². The van der Waals surface area contributed by atoms with E-state index in [0.29, 0.717) is 31.0 Å². The van der Waals surface area contributed by atoms with Crippen LogP contribution in [0.1, 0.15) is 29.6 Å². The maximum atomic E-state index is 12.8. The molecule has 0 spiro atoms. The third-order valence-corrected chi connectivity index (χ3v) is 4.52. The lowest BCUT2D eigenvalue weighted by Gasteiger charge is -2.31. The van der Waals surface area contributed by atoms with Crippen molar-refractivity contribution in [3.63, 3.8) is 0 Å². The summed E-state index contributed by atoms with van der Waals surface area (Å²) in [5.74, 6) is 0.589. The van der Waals surface area contributed by atoms with Crippen LogP contribution in [-0.2, 0) is 9.53 Å². The molecule has 1 aromatic heterocycles. The van der Waals surface area contributed by atoms with Gasteiger partial charge in [0.05, 0.1) is 7.11 Å². The molecule has 0 aliphatic carbocycles. The summed E-state index contributed by atoms with van der Waals surface area (Å²) in [5, 5.41) is 3.09. The van der Waals surface area contributed by atoms with Gasteiger partial charge < -0.3 is 15.0 Å². The second kappa shape index (κ2) is 8.42. The van der Waals surface area contributed by atoms with E-state index < -0.39 is 0 Å². The minimum Gasteiger partial charge on any atom is -0.469 e. The third-order valence-electron chi connectivity index (χ3n) is 4.52. The average Bonchev–Trinajstić information content (AvgIpc) is 2.69. The summed E-state index contributed by atoms with van der Waals surface area (Å²) in [7, 11) is 1.41. The molecule has 0 saturated carbocycles. The van der Waals surface area contributed by atoms with E-state index in [1.807, 2.05) is 17.0 Å². The van der Waals surface area contributed by atoms with Gasteiger partial charge in [-0.25, -0.2) is 9.97 Å². The largest absolute Gasteiger partial charge is 0.469 e. The molecule has 2 heterocycles. The number of aromatic nitrogens is 2. The van der Waals surface area contributed by atoms with E-state index >= 15 is 0 Å². The second-order valence-electron chi connectivity index (χ2n) is 6.29. The van der Waals surface area contributed by atoms with Crippen LogP contribution in [0.4, 0.5) is 11.6 Å². The fourth-order valence-electron chi connectivity index (χ4n) is 3.06. The fourth-order valence-corrected chi connectivity index (χ4v) is 3.06. The summed E-state index contributed by atoms with van der Waals surface area (Å²) in [6.07, 6.45) is 5.37. The summed E-state index contributed by atoms with van der Waals surface area (Å²) in [6.45, 7) is 1.31. The van der Waals surface area contributed by atoms with Gasteiger partial charge in [-0.05, 0) is 43.0 Å². The van der Waals surface area contributed by atoms with Crippen molar-refractivity contribution in [1.82, 2.24) is 14.9 Å². The molecule has 1 saturated heterocycles. The first-order valence-corrected chi connectivity index (χ1v) is 8.66. The van der Waals surface area contributed by atoms with E-state index in [4.69, 9.17) is 4.74 Å². The summed E-state index contributed by atoms with van der Waals surface area (Å²) < 4.78 is 4.72. The quantitative estimate of drug-likeness (QED) is 0.831. The predicted molar refractivity (Wildman–Crippen MR) is 97.0 cm³/mol. The first-order valence-electron chi connectivity index (χ1n) is 8.66. The molecular weight excluding hydrogens is 332 g/mol. The van der Waals surface area contributed by atoms with Crippen molar-refractivity contribution < 1.29 is 14.3 Å².